The van der Waals surface area contributed by atoms with E-state index in [1.165, 1.54) is 0 Å². The lowest BCUT2D eigenvalue weighted by Crippen LogP contribution is -2.44. The second-order valence-corrected chi connectivity index (χ2v) is 12.2. The molecule has 2 aliphatic rings. The van der Waals surface area contributed by atoms with Crippen LogP contribution in [0.2, 0.25) is 0 Å². The van der Waals surface area contributed by atoms with Crippen LogP contribution in [-0.4, -0.2) is 69.3 Å². The molecule has 4 N–H and O–H groups in total. The van der Waals surface area contributed by atoms with Crippen LogP contribution in [0.15, 0.2) is 39.8 Å². The summed E-state index contributed by atoms with van der Waals surface area (Å²) in [5.74, 6) is 1.49. The van der Waals surface area contributed by atoms with E-state index in [1.54, 1.807) is 38.1 Å². The number of hydrogen-bond acceptors (Lipinski definition) is 9. The maximum absolute atomic E-state index is 12.3. The minimum atomic E-state index is -3.36. The van der Waals surface area contributed by atoms with Crippen LogP contribution in [0.25, 0.3) is 11.4 Å². The molecule has 0 unspecified atom stereocenters. The first-order valence-electron chi connectivity index (χ1n) is 12.8. The summed E-state index contributed by atoms with van der Waals surface area (Å²) < 4.78 is 45.5. The van der Waals surface area contributed by atoms with Gasteiger partial charge >= 0.3 is 6.03 Å². The number of carbonyl (C=O) groups excluding carboxylic acids is 1. The molecule has 2 amide bonds. The van der Waals surface area contributed by atoms with Crippen molar-refractivity contribution >= 4 is 28.1 Å². The standard InChI is InChI=1S/C26H33FN6O5S/c1-16-15-37-13-12-33(16)22-14-21(26(8-9-26)39(35,36)23-17(2)32-38-18(23)3)30-24(31-22)19-4-6-20(7-5-19)29-25(34)28-11-10-27/h4-7,14,16,35-36H,8-13,15H2,1-3H3,(H2,28,29,34)/t16-/m0/s1. The molecule has 1 aromatic carbocycles. The molecule has 2 fully saturated rings. The van der Waals surface area contributed by atoms with Gasteiger partial charge in [-0.15, -0.1) is 0 Å². The molecule has 5 rings (SSSR count). The summed E-state index contributed by atoms with van der Waals surface area (Å²) in [5, 5.41) is 9.02. The van der Waals surface area contributed by atoms with Crippen LogP contribution in [-0.2, 0) is 9.48 Å². The molecule has 0 spiro atoms. The van der Waals surface area contributed by atoms with Crippen LogP contribution in [0.5, 0.6) is 0 Å². The Morgan fingerprint density at radius 1 is 1.23 bits per heavy atom. The molecular formula is C26H33FN6O5S. The number of hydrogen-bond donors (Lipinski definition) is 4. The van der Waals surface area contributed by atoms with E-state index in [0.717, 1.165) is 0 Å². The van der Waals surface area contributed by atoms with Crippen molar-refractivity contribution in [2.24, 2.45) is 0 Å². The highest BCUT2D eigenvalue weighted by Crippen LogP contribution is 2.76. The predicted octanol–water partition coefficient (Wildman–Crippen LogP) is 4.86. The zero-order valence-corrected chi connectivity index (χ0v) is 22.9. The van der Waals surface area contributed by atoms with Crippen molar-refractivity contribution in [1.29, 1.82) is 0 Å². The molecule has 39 heavy (non-hydrogen) atoms. The van der Waals surface area contributed by atoms with E-state index >= 15 is 0 Å². The summed E-state index contributed by atoms with van der Waals surface area (Å²) in [7, 11) is -3.36. The highest BCUT2D eigenvalue weighted by molar-refractivity contribution is 8.25. The normalized spacial score (nSPS) is 19.0. The number of nitrogens with one attached hydrogen (secondary N) is 2. The molecule has 0 bridgehead atoms. The summed E-state index contributed by atoms with van der Waals surface area (Å²) >= 11 is 0. The summed E-state index contributed by atoms with van der Waals surface area (Å²) in [6.45, 7) is 6.48. The number of amides is 2. The van der Waals surface area contributed by atoms with Crippen LogP contribution < -0.4 is 15.5 Å². The Morgan fingerprint density at radius 2 is 1.97 bits per heavy atom. The predicted molar refractivity (Wildman–Crippen MR) is 146 cm³/mol. The molecule has 3 heterocycles. The lowest BCUT2D eigenvalue weighted by molar-refractivity contribution is 0.0985. The van der Waals surface area contributed by atoms with E-state index in [4.69, 9.17) is 19.2 Å². The number of urea groups is 1. The number of anilines is 2. The number of nitrogens with zero attached hydrogens (tertiary/aromatic N) is 4. The number of ether oxygens (including phenoxy) is 1. The number of alkyl halides is 1. The third-order valence-corrected chi connectivity index (χ3v) is 9.98. The van der Waals surface area contributed by atoms with E-state index in [0.29, 0.717) is 77.5 Å². The SMILES string of the molecule is Cc1noc(C)c1S(O)(O)C1(c2cc(N3CCOC[C@@H]3C)nc(-c3ccc(NC(=O)NCCF)cc3)n2)CC1. The number of carbonyl (C=O) groups is 1. The van der Waals surface area contributed by atoms with E-state index in [-0.39, 0.29) is 12.6 Å². The number of aromatic nitrogens is 3. The molecule has 1 saturated heterocycles. The fraction of sp³-hybridized carbons (Fsp3) is 0.462. The van der Waals surface area contributed by atoms with Crippen molar-refractivity contribution in [3.63, 3.8) is 0 Å². The van der Waals surface area contributed by atoms with Gasteiger partial charge < -0.3 is 24.8 Å². The minimum Gasteiger partial charge on any atom is -0.377 e. The van der Waals surface area contributed by atoms with Crippen LogP contribution in [0.1, 0.15) is 36.9 Å². The Morgan fingerprint density at radius 3 is 2.59 bits per heavy atom. The van der Waals surface area contributed by atoms with Gasteiger partial charge in [0.25, 0.3) is 0 Å². The Labute approximate surface area is 227 Å². The minimum absolute atomic E-state index is 0.0673. The van der Waals surface area contributed by atoms with Gasteiger partial charge in [0.1, 0.15) is 27.8 Å². The van der Waals surface area contributed by atoms with E-state index in [9.17, 15) is 18.3 Å². The molecule has 1 saturated carbocycles. The average molecular weight is 561 g/mol. The number of aryl methyl sites for hydroxylation is 2. The first-order chi connectivity index (χ1) is 18.7. The quantitative estimate of drug-likeness (QED) is 0.303. The number of rotatable bonds is 8. The lowest BCUT2D eigenvalue weighted by Gasteiger charge is -2.41. The second-order valence-electron chi connectivity index (χ2n) is 9.90. The molecule has 3 aromatic rings. The highest BCUT2D eigenvalue weighted by Gasteiger charge is 2.59. The maximum Gasteiger partial charge on any atom is 0.319 e. The Kier molecular flexibility index (Phi) is 7.51. The van der Waals surface area contributed by atoms with Crippen molar-refractivity contribution in [3.05, 3.63) is 47.5 Å². The molecule has 1 aliphatic heterocycles. The summed E-state index contributed by atoms with van der Waals surface area (Å²) in [6.07, 6.45) is 1.09. The maximum atomic E-state index is 12.3. The van der Waals surface area contributed by atoms with Gasteiger partial charge in [0.15, 0.2) is 11.6 Å². The highest BCUT2D eigenvalue weighted by atomic mass is 32.3. The summed E-state index contributed by atoms with van der Waals surface area (Å²) in [5.41, 5.74) is 2.22. The third kappa shape index (κ3) is 5.19. The van der Waals surface area contributed by atoms with Crippen molar-refractivity contribution < 1.29 is 27.6 Å². The largest absolute Gasteiger partial charge is 0.377 e. The number of halogens is 1. The van der Waals surface area contributed by atoms with Gasteiger partial charge in [0, 0.05) is 30.4 Å². The zero-order chi connectivity index (χ0) is 27.8. The van der Waals surface area contributed by atoms with Gasteiger partial charge in [0.2, 0.25) is 0 Å². The monoisotopic (exact) mass is 560 g/mol. The van der Waals surface area contributed by atoms with E-state index < -0.39 is 28.0 Å². The molecular weight excluding hydrogens is 527 g/mol. The molecule has 0 radical (unpaired) electrons. The fourth-order valence-corrected chi connectivity index (χ4v) is 7.27. The van der Waals surface area contributed by atoms with Crippen LogP contribution in [0, 0.1) is 13.8 Å². The van der Waals surface area contributed by atoms with Gasteiger partial charge in [0.05, 0.1) is 24.9 Å². The lowest BCUT2D eigenvalue weighted by atomic mass is 10.1. The van der Waals surface area contributed by atoms with E-state index in [1.807, 2.05) is 6.07 Å². The topological polar surface area (TPSA) is 146 Å². The Bertz CT molecular complexity index is 1330. The molecule has 11 nitrogen and oxygen atoms in total. The van der Waals surface area contributed by atoms with Gasteiger partial charge in [-0.25, -0.2) is 19.2 Å². The van der Waals surface area contributed by atoms with Crippen molar-refractivity contribution in [1.82, 2.24) is 20.4 Å². The van der Waals surface area contributed by atoms with Crippen LogP contribution in [0.3, 0.4) is 0 Å². The second kappa shape index (κ2) is 10.7. The van der Waals surface area contributed by atoms with Gasteiger partial charge in [-0.05, 0) is 57.9 Å². The number of morpholine rings is 1. The van der Waals surface area contributed by atoms with E-state index in [2.05, 4.69) is 27.6 Å². The summed E-state index contributed by atoms with van der Waals surface area (Å²) in [4.78, 5) is 24.1. The van der Waals surface area contributed by atoms with Crippen molar-refractivity contribution in [2.75, 3.05) is 43.2 Å². The van der Waals surface area contributed by atoms with Crippen molar-refractivity contribution in [2.45, 2.75) is 49.3 Å². The zero-order valence-electron chi connectivity index (χ0n) is 22.1. The average Bonchev–Trinajstić information content (AvgIpc) is 3.68. The van der Waals surface area contributed by atoms with Gasteiger partial charge in [-0.3, -0.25) is 9.11 Å². The molecule has 2 aromatic heterocycles. The number of benzene rings is 1. The first-order valence-corrected chi connectivity index (χ1v) is 14.4. The van der Waals surface area contributed by atoms with Gasteiger partial charge in [-0.2, -0.15) is 10.6 Å². The Hall–Kier alpha value is -3.26. The first kappa shape index (κ1) is 27.3. The molecule has 1 atom stereocenters. The molecule has 1 aliphatic carbocycles. The fourth-order valence-electron chi connectivity index (χ4n) is 4.93. The van der Waals surface area contributed by atoms with Crippen molar-refractivity contribution in [3.8, 4) is 11.4 Å². The third-order valence-electron chi connectivity index (χ3n) is 7.12. The van der Waals surface area contributed by atoms with Gasteiger partial charge in [-0.1, -0.05) is 5.16 Å². The summed E-state index contributed by atoms with van der Waals surface area (Å²) in [6, 6.07) is 8.41. The van der Waals surface area contributed by atoms with Crippen LogP contribution in [0.4, 0.5) is 20.7 Å². The molecule has 13 heteroatoms. The molecule has 210 valence electrons. The Balaban J connectivity index is 1.54. The van der Waals surface area contributed by atoms with Crippen LogP contribution >= 0.6 is 10.6 Å². The smallest absolute Gasteiger partial charge is 0.319 e.